The number of hydrogen-bond donors (Lipinski definition) is 2. The van der Waals surface area contributed by atoms with Gasteiger partial charge in [-0.05, 0) is 48.9 Å². The number of guanidine groups is 1. The molecule has 6 heteroatoms. The molecule has 0 heterocycles. The Morgan fingerprint density at radius 1 is 1.08 bits per heavy atom. The van der Waals surface area contributed by atoms with E-state index in [9.17, 15) is 0 Å². The number of nitrogens with zero attached hydrogens (tertiary/aromatic N) is 1. The van der Waals surface area contributed by atoms with Crippen LogP contribution in [0.25, 0.3) is 0 Å². The third kappa shape index (κ3) is 6.12. The van der Waals surface area contributed by atoms with Gasteiger partial charge in [0.15, 0.2) is 5.96 Å². The summed E-state index contributed by atoms with van der Waals surface area (Å²) in [7, 11) is 5.22. The van der Waals surface area contributed by atoms with Gasteiger partial charge >= 0.3 is 0 Å². The van der Waals surface area contributed by atoms with E-state index in [0.29, 0.717) is 18.6 Å². The van der Waals surface area contributed by atoms with Gasteiger partial charge < -0.3 is 24.8 Å². The highest BCUT2D eigenvalue weighted by Crippen LogP contribution is 2.43. The minimum absolute atomic E-state index is 0.368. The number of rotatable bonds is 10. The molecular weight excluding hydrogens is 318 g/mol. The fourth-order valence-electron chi connectivity index (χ4n) is 3.01. The summed E-state index contributed by atoms with van der Waals surface area (Å²) in [5.74, 6) is 2.48. The van der Waals surface area contributed by atoms with Crippen LogP contribution in [-0.2, 0) is 4.74 Å². The summed E-state index contributed by atoms with van der Waals surface area (Å²) in [5, 5.41) is 6.74. The minimum Gasteiger partial charge on any atom is -0.497 e. The van der Waals surface area contributed by atoms with Crippen molar-refractivity contribution >= 4 is 5.96 Å². The van der Waals surface area contributed by atoms with Gasteiger partial charge in [-0.1, -0.05) is 6.42 Å². The van der Waals surface area contributed by atoms with E-state index in [4.69, 9.17) is 14.2 Å². The molecule has 0 bridgehead atoms. The lowest BCUT2D eigenvalue weighted by molar-refractivity contribution is 0.0732. The molecule has 140 valence electrons. The molecule has 0 atom stereocenters. The Balaban J connectivity index is 1.66. The monoisotopic (exact) mass is 349 g/mol. The van der Waals surface area contributed by atoms with Gasteiger partial charge in [-0.15, -0.1) is 0 Å². The van der Waals surface area contributed by atoms with E-state index >= 15 is 0 Å². The Labute approximate surface area is 151 Å². The highest BCUT2D eigenvalue weighted by Gasteiger charge is 2.36. The minimum atomic E-state index is 0.368. The topological polar surface area (TPSA) is 64.1 Å². The van der Waals surface area contributed by atoms with Crippen LogP contribution in [0, 0.1) is 5.41 Å². The molecule has 1 aliphatic rings. The zero-order chi connectivity index (χ0) is 18.0. The molecule has 0 aliphatic heterocycles. The van der Waals surface area contributed by atoms with Crippen LogP contribution in [0.5, 0.6) is 11.5 Å². The maximum Gasteiger partial charge on any atom is 0.191 e. The van der Waals surface area contributed by atoms with E-state index in [-0.39, 0.29) is 0 Å². The van der Waals surface area contributed by atoms with Crippen LogP contribution in [-0.4, -0.2) is 53.5 Å². The summed E-state index contributed by atoms with van der Waals surface area (Å²) in [5.41, 5.74) is 0.368. The van der Waals surface area contributed by atoms with Crippen molar-refractivity contribution in [1.29, 1.82) is 0 Å². The largest absolute Gasteiger partial charge is 0.497 e. The van der Waals surface area contributed by atoms with Gasteiger partial charge in [0.25, 0.3) is 0 Å². The van der Waals surface area contributed by atoms with Gasteiger partial charge in [0.1, 0.15) is 18.1 Å². The van der Waals surface area contributed by atoms with Gasteiger partial charge in [-0.2, -0.15) is 0 Å². The highest BCUT2D eigenvalue weighted by molar-refractivity contribution is 5.79. The summed E-state index contributed by atoms with van der Waals surface area (Å²) in [6, 6.07) is 7.59. The van der Waals surface area contributed by atoms with Crippen LogP contribution < -0.4 is 20.1 Å². The van der Waals surface area contributed by atoms with Crippen LogP contribution in [0.2, 0.25) is 0 Å². The van der Waals surface area contributed by atoms with Crippen molar-refractivity contribution in [2.75, 3.05) is 47.6 Å². The maximum atomic E-state index is 5.71. The van der Waals surface area contributed by atoms with E-state index in [1.54, 1.807) is 21.3 Å². The van der Waals surface area contributed by atoms with E-state index in [1.165, 1.54) is 19.3 Å². The van der Waals surface area contributed by atoms with Crippen molar-refractivity contribution in [3.05, 3.63) is 24.3 Å². The number of benzene rings is 1. The molecule has 0 saturated heterocycles. The van der Waals surface area contributed by atoms with Crippen LogP contribution in [0.15, 0.2) is 29.3 Å². The third-order valence-corrected chi connectivity index (χ3v) is 4.83. The number of hydrogen-bond acceptors (Lipinski definition) is 4. The van der Waals surface area contributed by atoms with Crippen molar-refractivity contribution in [1.82, 2.24) is 10.6 Å². The number of aliphatic imine (C=N–C) groups is 1. The Kier molecular flexibility index (Phi) is 7.85. The highest BCUT2D eigenvalue weighted by atomic mass is 16.5. The van der Waals surface area contributed by atoms with Gasteiger partial charge in [0.05, 0.1) is 13.7 Å². The lowest BCUT2D eigenvalue weighted by Crippen LogP contribution is -2.47. The smallest absolute Gasteiger partial charge is 0.191 e. The summed E-state index contributed by atoms with van der Waals surface area (Å²) in [6.07, 6.45) is 4.95. The van der Waals surface area contributed by atoms with Crippen LogP contribution in [0.3, 0.4) is 0 Å². The van der Waals surface area contributed by atoms with E-state index in [0.717, 1.165) is 37.0 Å². The molecule has 0 unspecified atom stereocenters. The summed E-state index contributed by atoms with van der Waals surface area (Å²) < 4.78 is 16.1. The van der Waals surface area contributed by atoms with Crippen LogP contribution in [0.4, 0.5) is 0 Å². The quantitative estimate of drug-likeness (QED) is 0.386. The summed E-state index contributed by atoms with van der Waals surface area (Å²) in [4.78, 5) is 4.29. The van der Waals surface area contributed by atoms with Gasteiger partial charge in [-0.3, -0.25) is 4.99 Å². The molecule has 2 rings (SSSR count). The van der Waals surface area contributed by atoms with Crippen molar-refractivity contribution in [2.45, 2.75) is 25.7 Å². The zero-order valence-electron chi connectivity index (χ0n) is 15.6. The second kappa shape index (κ2) is 10.1. The molecule has 1 fully saturated rings. The Bertz CT molecular complexity index is 527. The van der Waals surface area contributed by atoms with E-state index in [2.05, 4.69) is 15.6 Å². The predicted octanol–water partition coefficient (Wildman–Crippen LogP) is 2.45. The molecule has 1 aromatic carbocycles. The molecule has 0 radical (unpaired) electrons. The molecule has 0 amide bonds. The van der Waals surface area contributed by atoms with Crippen LogP contribution in [0.1, 0.15) is 25.7 Å². The summed E-state index contributed by atoms with van der Waals surface area (Å²) >= 11 is 0. The fraction of sp³-hybridized carbons (Fsp3) is 0.632. The van der Waals surface area contributed by atoms with Gasteiger partial charge in [0.2, 0.25) is 0 Å². The van der Waals surface area contributed by atoms with Crippen molar-refractivity contribution in [3.8, 4) is 11.5 Å². The Hall–Kier alpha value is -1.95. The molecule has 1 aliphatic carbocycles. The molecule has 1 aromatic rings. The first-order valence-electron chi connectivity index (χ1n) is 8.92. The first-order chi connectivity index (χ1) is 12.2. The standard InChI is InChI=1S/C19H31N3O3/c1-20-18(22-15-19(9-4-10-19)11-13-23-2)21-12-14-25-17-7-5-16(24-3)6-8-17/h5-8H,4,9-15H2,1-3H3,(H2,20,21,22). The van der Waals surface area contributed by atoms with Gasteiger partial charge in [-0.25, -0.2) is 0 Å². The zero-order valence-corrected chi connectivity index (χ0v) is 15.6. The SMILES string of the molecule is CN=C(NCCOc1ccc(OC)cc1)NCC1(CCOC)CCC1. The average Bonchev–Trinajstić information content (AvgIpc) is 2.62. The fourth-order valence-corrected chi connectivity index (χ4v) is 3.01. The second-order valence-electron chi connectivity index (χ2n) is 6.47. The van der Waals surface area contributed by atoms with Crippen molar-refractivity contribution in [2.24, 2.45) is 10.4 Å². The van der Waals surface area contributed by atoms with E-state index in [1.807, 2.05) is 24.3 Å². The second-order valence-corrected chi connectivity index (χ2v) is 6.47. The third-order valence-electron chi connectivity index (χ3n) is 4.83. The first kappa shape index (κ1) is 19.4. The molecule has 0 spiro atoms. The molecule has 25 heavy (non-hydrogen) atoms. The molecule has 6 nitrogen and oxygen atoms in total. The lowest BCUT2D eigenvalue weighted by atomic mass is 9.67. The van der Waals surface area contributed by atoms with E-state index < -0.39 is 0 Å². The predicted molar refractivity (Wildman–Crippen MR) is 101 cm³/mol. The number of nitrogens with one attached hydrogen (secondary N) is 2. The van der Waals surface area contributed by atoms with Gasteiger partial charge in [0, 0.05) is 27.3 Å². The molecule has 1 saturated carbocycles. The maximum absolute atomic E-state index is 5.71. The molecule has 2 N–H and O–H groups in total. The number of ether oxygens (including phenoxy) is 3. The van der Waals surface area contributed by atoms with Crippen molar-refractivity contribution < 1.29 is 14.2 Å². The number of methoxy groups -OCH3 is 2. The Morgan fingerprint density at radius 3 is 2.36 bits per heavy atom. The molecular formula is C19H31N3O3. The van der Waals surface area contributed by atoms with Crippen LogP contribution >= 0.6 is 0 Å². The normalized spacial score (nSPS) is 16.0. The lowest BCUT2D eigenvalue weighted by Gasteiger charge is -2.42. The Morgan fingerprint density at radius 2 is 1.80 bits per heavy atom. The first-order valence-corrected chi connectivity index (χ1v) is 8.92. The van der Waals surface area contributed by atoms with Crippen molar-refractivity contribution in [3.63, 3.8) is 0 Å². The summed E-state index contributed by atoms with van der Waals surface area (Å²) in [6.45, 7) is 3.03. The average molecular weight is 349 g/mol. The molecule has 0 aromatic heterocycles.